The van der Waals surface area contributed by atoms with Crippen molar-refractivity contribution in [3.05, 3.63) is 18.0 Å². The lowest BCUT2D eigenvalue weighted by Gasteiger charge is -2.12. The highest BCUT2D eigenvalue weighted by Crippen LogP contribution is 2.44. The molecule has 0 saturated heterocycles. The van der Waals surface area contributed by atoms with Crippen molar-refractivity contribution in [2.24, 2.45) is 5.41 Å². The van der Waals surface area contributed by atoms with Gasteiger partial charge in [0.1, 0.15) is 0 Å². The fourth-order valence-electron chi connectivity index (χ4n) is 2.38. The van der Waals surface area contributed by atoms with Gasteiger partial charge in [-0.05, 0) is 30.7 Å². The van der Waals surface area contributed by atoms with E-state index in [0.29, 0.717) is 17.5 Å². The Morgan fingerprint density at radius 2 is 2.12 bits per heavy atom. The molecule has 1 unspecified atom stereocenters. The maximum Gasteiger partial charge on any atom is 0.0762 e. The molecule has 0 radical (unpaired) electrons. The van der Waals surface area contributed by atoms with Gasteiger partial charge in [-0.2, -0.15) is 5.10 Å². The van der Waals surface area contributed by atoms with E-state index < -0.39 is 0 Å². The molecule has 3 heteroatoms. The second kappa shape index (κ2) is 4.81. The Hall–Kier alpha value is -0.830. The number of nitrogens with one attached hydrogen (secondary N) is 1. The molecule has 1 heterocycles. The molecule has 0 spiro atoms. The highest BCUT2D eigenvalue weighted by molar-refractivity contribution is 5.05. The number of hydrogen-bond donors (Lipinski definition) is 1. The molecule has 1 N–H and O–H groups in total. The van der Waals surface area contributed by atoms with Crippen molar-refractivity contribution in [2.45, 2.75) is 65.6 Å². The van der Waals surface area contributed by atoms with E-state index in [0.717, 1.165) is 19.4 Å². The normalized spacial score (nSPS) is 22.1. The predicted molar refractivity (Wildman–Crippen MR) is 70.9 cm³/mol. The lowest BCUT2D eigenvalue weighted by molar-refractivity contribution is 0.423. The first-order chi connectivity index (χ1) is 8.06. The molecule has 2 rings (SSSR count). The van der Waals surface area contributed by atoms with Gasteiger partial charge in [0, 0.05) is 18.8 Å². The molecule has 1 aliphatic carbocycles. The third-order valence-electron chi connectivity index (χ3n) is 4.02. The fraction of sp³-hybridized carbons (Fsp3) is 0.786. The fourth-order valence-corrected chi connectivity index (χ4v) is 2.38. The van der Waals surface area contributed by atoms with Crippen molar-refractivity contribution in [1.29, 1.82) is 0 Å². The van der Waals surface area contributed by atoms with E-state index in [4.69, 9.17) is 0 Å². The molecule has 1 fully saturated rings. The van der Waals surface area contributed by atoms with E-state index in [2.05, 4.69) is 55.1 Å². The van der Waals surface area contributed by atoms with Crippen molar-refractivity contribution in [3.63, 3.8) is 0 Å². The van der Waals surface area contributed by atoms with E-state index in [1.165, 1.54) is 12.1 Å². The first-order valence-corrected chi connectivity index (χ1v) is 6.84. The summed E-state index contributed by atoms with van der Waals surface area (Å²) in [7, 11) is 0. The zero-order valence-corrected chi connectivity index (χ0v) is 11.5. The van der Waals surface area contributed by atoms with Gasteiger partial charge in [-0.3, -0.25) is 4.68 Å². The van der Waals surface area contributed by atoms with E-state index in [1.54, 1.807) is 0 Å². The van der Waals surface area contributed by atoms with Crippen LogP contribution in [-0.4, -0.2) is 15.8 Å². The van der Waals surface area contributed by atoms with Crippen LogP contribution in [0.25, 0.3) is 0 Å². The minimum Gasteiger partial charge on any atom is -0.308 e. The van der Waals surface area contributed by atoms with Crippen LogP contribution in [0.1, 0.15) is 58.7 Å². The van der Waals surface area contributed by atoms with E-state index >= 15 is 0 Å². The zero-order chi connectivity index (χ0) is 12.5. The first-order valence-electron chi connectivity index (χ1n) is 6.84. The van der Waals surface area contributed by atoms with E-state index in [1.807, 2.05) is 0 Å². The van der Waals surface area contributed by atoms with Gasteiger partial charge in [0.25, 0.3) is 0 Å². The predicted octanol–water partition coefficient (Wildman–Crippen LogP) is 3.13. The van der Waals surface area contributed by atoms with Crippen molar-refractivity contribution in [2.75, 3.05) is 0 Å². The third kappa shape index (κ3) is 2.89. The Balaban J connectivity index is 1.86. The summed E-state index contributed by atoms with van der Waals surface area (Å²) in [6.45, 7) is 9.98. The van der Waals surface area contributed by atoms with Gasteiger partial charge in [0.2, 0.25) is 0 Å². The molecular weight excluding hydrogens is 210 g/mol. The highest BCUT2D eigenvalue weighted by atomic mass is 15.3. The molecule has 1 saturated carbocycles. The van der Waals surface area contributed by atoms with E-state index in [-0.39, 0.29) is 0 Å². The maximum absolute atomic E-state index is 4.65. The highest BCUT2D eigenvalue weighted by Gasteiger charge is 2.45. The molecule has 3 nitrogen and oxygen atoms in total. The molecule has 1 aromatic heterocycles. The van der Waals surface area contributed by atoms with Crippen molar-refractivity contribution in [3.8, 4) is 0 Å². The average Bonchev–Trinajstić information content (AvgIpc) is 2.72. The maximum atomic E-state index is 4.65. The minimum atomic E-state index is 0.498. The van der Waals surface area contributed by atoms with Crippen LogP contribution in [0.3, 0.4) is 0 Å². The van der Waals surface area contributed by atoms with Crippen molar-refractivity contribution in [1.82, 2.24) is 15.1 Å². The topological polar surface area (TPSA) is 29.9 Å². The smallest absolute Gasteiger partial charge is 0.0762 e. The molecule has 0 aromatic carbocycles. The quantitative estimate of drug-likeness (QED) is 0.821. The van der Waals surface area contributed by atoms with Gasteiger partial charge < -0.3 is 5.32 Å². The van der Waals surface area contributed by atoms with Crippen LogP contribution in [0, 0.1) is 5.41 Å². The molecule has 1 aliphatic rings. The van der Waals surface area contributed by atoms with Gasteiger partial charge in [-0.15, -0.1) is 0 Å². The Morgan fingerprint density at radius 3 is 2.65 bits per heavy atom. The summed E-state index contributed by atoms with van der Waals surface area (Å²) in [6, 6.07) is 3.38. The standard InChI is InChI=1S/C14H25N3/c1-5-12(6-2)17-8-7-11(16-17)10-15-13-9-14(13,3)4/h7-8,12-13,15H,5-6,9-10H2,1-4H3. The van der Waals surface area contributed by atoms with Crippen LogP contribution in [-0.2, 0) is 6.54 Å². The zero-order valence-electron chi connectivity index (χ0n) is 11.5. The molecule has 96 valence electrons. The summed E-state index contributed by atoms with van der Waals surface area (Å²) in [5, 5.41) is 8.23. The molecule has 1 atom stereocenters. The summed E-state index contributed by atoms with van der Waals surface area (Å²) >= 11 is 0. The first kappa shape index (κ1) is 12.6. The van der Waals surface area contributed by atoms with Crippen molar-refractivity contribution >= 4 is 0 Å². The summed E-state index contributed by atoms with van der Waals surface area (Å²) in [5.41, 5.74) is 1.66. The number of nitrogens with zero attached hydrogens (tertiary/aromatic N) is 2. The monoisotopic (exact) mass is 235 g/mol. The van der Waals surface area contributed by atoms with Crippen LogP contribution in [0.4, 0.5) is 0 Å². The van der Waals surface area contributed by atoms with Crippen LogP contribution in [0.2, 0.25) is 0 Å². The largest absolute Gasteiger partial charge is 0.308 e. The van der Waals surface area contributed by atoms with Gasteiger partial charge in [0.05, 0.1) is 11.7 Å². The Kier molecular flexibility index (Phi) is 3.57. The molecule has 17 heavy (non-hydrogen) atoms. The van der Waals surface area contributed by atoms with Crippen LogP contribution < -0.4 is 5.32 Å². The molecular formula is C14H25N3. The lowest BCUT2D eigenvalue weighted by atomic mass is 10.2. The Morgan fingerprint density at radius 1 is 1.47 bits per heavy atom. The second-order valence-corrected chi connectivity index (χ2v) is 5.88. The van der Waals surface area contributed by atoms with Gasteiger partial charge in [-0.25, -0.2) is 0 Å². The number of hydrogen-bond acceptors (Lipinski definition) is 2. The molecule has 0 amide bonds. The van der Waals surface area contributed by atoms with Crippen LogP contribution >= 0.6 is 0 Å². The lowest BCUT2D eigenvalue weighted by Crippen LogP contribution is -2.20. The summed E-state index contributed by atoms with van der Waals surface area (Å²) in [6.07, 6.45) is 5.72. The van der Waals surface area contributed by atoms with Crippen molar-refractivity contribution < 1.29 is 0 Å². The second-order valence-electron chi connectivity index (χ2n) is 5.88. The van der Waals surface area contributed by atoms with Crippen LogP contribution in [0.5, 0.6) is 0 Å². The Bertz CT molecular complexity index is 363. The third-order valence-corrected chi connectivity index (χ3v) is 4.02. The molecule has 1 aromatic rings. The van der Waals surface area contributed by atoms with Gasteiger partial charge >= 0.3 is 0 Å². The summed E-state index contributed by atoms with van der Waals surface area (Å²) < 4.78 is 2.12. The minimum absolute atomic E-state index is 0.498. The molecule has 0 aliphatic heterocycles. The van der Waals surface area contributed by atoms with Gasteiger partial charge in [0.15, 0.2) is 0 Å². The van der Waals surface area contributed by atoms with E-state index in [9.17, 15) is 0 Å². The van der Waals surface area contributed by atoms with Gasteiger partial charge in [-0.1, -0.05) is 27.7 Å². The molecule has 0 bridgehead atoms. The SMILES string of the molecule is CCC(CC)n1ccc(CNC2CC2(C)C)n1. The Labute approximate surface area is 105 Å². The summed E-state index contributed by atoms with van der Waals surface area (Å²) in [4.78, 5) is 0. The average molecular weight is 235 g/mol. The number of aromatic nitrogens is 2. The number of rotatable bonds is 6. The summed E-state index contributed by atoms with van der Waals surface area (Å²) in [5.74, 6) is 0. The van der Waals surface area contributed by atoms with Crippen LogP contribution in [0.15, 0.2) is 12.3 Å².